The van der Waals surface area contributed by atoms with E-state index in [1.165, 1.54) is 0 Å². The number of nitrogens with zero attached hydrogens (tertiary/aromatic N) is 5. The van der Waals surface area contributed by atoms with Crippen LogP contribution in [-0.4, -0.2) is 71.4 Å². The average molecular weight is 444 g/mol. The maximum atomic E-state index is 9.46. The number of piperidine rings is 2. The van der Waals surface area contributed by atoms with Crippen LogP contribution in [0, 0.1) is 11.8 Å². The molecule has 2 saturated heterocycles. The molecule has 10 nitrogen and oxygen atoms in total. The van der Waals surface area contributed by atoms with Gasteiger partial charge in [0, 0.05) is 45.5 Å². The molecule has 2 aromatic rings. The van der Waals surface area contributed by atoms with Crippen molar-refractivity contribution in [3.63, 3.8) is 0 Å². The number of aromatic nitrogens is 3. The van der Waals surface area contributed by atoms with Gasteiger partial charge in [0.25, 0.3) is 0 Å². The molecule has 3 aliphatic heterocycles. The molecule has 0 saturated carbocycles. The van der Waals surface area contributed by atoms with Gasteiger partial charge in [-0.3, -0.25) is 0 Å². The number of ether oxygens (including phenoxy) is 3. The minimum Gasteiger partial charge on any atom is -0.454 e. The highest BCUT2D eigenvalue weighted by Crippen LogP contribution is 2.36. The Hall–Kier alpha value is -2.85. The Balaban J connectivity index is 1.40. The van der Waals surface area contributed by atoms with Crippen molar-refractivity contribution >= 4 is 11.9 Å². The molecule has 0 unspecified atom stereocenters. The van der Waals surface area contributed by atoms with E-state index in [0.29, 0.717) is 41.0 Å². The number of hydrogen-bond donors (Lipinski definition) is 2. The van der Waals surface area contributed by atoms with Crippen molar-refractivity contribution in [2.24, 2.45) is 11.8 Å². The minimum absolute atomic E-state index is 0.201. The predicted molar refractivity (Wildman–Crippen MR) is 117 cm³/mol. The first kappa shape index (κ1) is 21.0. The minimum atomic E-state index is 0.201. The van der Waals surface area contributed by atoms with Crippen LogP contribution >= 0.6 is 0 Å². The number of anilines is 2. The van der Waals surface area contributed by atoms with Crippen molar-refractivity contribution in [1.29, 1.82) is 0 Å². The third-order valence-corrected chi connectivity index (χ3v) is 6.46. The van der Waals surface area contributed by atoms with Crippen LogP contribution in [0.3, 0.4) is 0 Å². The van der Waals surface area contributed by atoms with Crippen LogP contribution < -0.4 is 24.0 Å². The molecular weight excluding hydrogens is 414 g/mol. The van der Waals surface area contributed by atoms with Gasteiger partial charge in [-0.2, -0.15) is 15.0 Å². The van der Waals surface area contributed by atoms with Gasteiger partial charge in [0.2, 0.25) is 18.7 Å². The SMILES string of the molecule is OCC1CCN(c2nc(Oc3ccc4c(c3)OCO4)nc(N3CCC(CO)CC3)n2)CC1. The molecule has 1 aromatic carbocycles. The second kappa shape index (κ2) is 9.33. The molecule has 0 atom stereocenters. The fraction of sp³-hybridized carbons (Fsp3) is 0.591. The Kier molecular flexibility index (Phi) is 6.13. The van der Waals surface area contributed by atoms with Crippen LogP contribution in [0.2, 0.25) is 0 Å². The maximum absolute atomic E-state index is 9.46. The van der Waals surface area contributed by atoms with E-state index in [0.717, 1.165) is 51.9 Å². The number of benzene rings is 1. The first-order chi connectivity index (χ1) is 15.7. The molecular formula is C22H29N5O5. The van der Waals surface area contributed by atoms with Gasteiger partial charge in [-0.25, -0.2) is 0 Å². The van der Waals surface area contributed by atoms with Crippen LogP contribution in [0.1, 0.15) is 25.7 Å². The van der Waals surface area contributed by atoms with E-state index < -0.39 is 0 Å². The molecule has 172 valence electrons. The van der Waals surface area contributed by atoms with E-state index >= 15 is 0 Å². The van der Waals surface area contributed by atoms with Gasteiger partial charge >= 0.3 is 6.01 Å². The number of aliphatic hydroxyl groups excluding tert-OH is 2. The lowest BCUT2D eigenvalue weighted by Gasteiger charge is -2.33. The molecule has 0 radical (unpaired) electrons. The van der Waals surface area contributed by atoms with E-state index in [9.17, 15) is 10.2 Å². The largest absolute Gasteiger partial charge is 0.454 e. The van der Waals surface area contributed by atoms with Gasteiger partial charge in [0.05, 0.1) is 0 Å². The highest BCUT2D eigenvalue weighted by molar-refractivity contribution is 5.48. The lowest BCUT2D eigenvalue weighted by Crippen LogP contribution is -2.38. The van der Waals surface area contributed by atoms with Crippen molar-refractivity contribution in [2.45, 2.75) is 25.7 Å². The molecule has 10 heteroatoms. The molecule has 2 N–H and O–H groups in total. The van der Waals surface area contributed by atoms with Crippen LogP contribution in [-0.2, 0) is 0 Å². The quantitative estimate of drug-likeness (QED) is 0.685. The normalized spacial score (nSPS) is 19.4. The second-order valence-corrected chi connectivity index (χ2v) is 8.56. The van der Waals surface area contributed by atoms with Crippen molar-refractivity contribution in [3.05, 3.63) is 18.2 Å². The monoisotopic (exact) mass is 443 g/mol. The summed E-state index contributed by atoms with van der Waals surface area (Å²) in [6.07, 6.45) is 3.60. The Morgan fingerprint density at radius 3 is 1.94 bits per heavy atom. The summed E-state index contributed by atoms with van der Waals surface area (Å²) < 4.78 is 16.8. The van der Waals surface area contributed by atoms with Crippen LogP contribution in [0.15, 0.2) is 18.2 Å². The average Bonchev–Trinajstić information content (AvgIpc) is 3.32. The number of rotatable bonds is 6. The molecule has 2 fully saturated rings. The molecule has 0 amide bonds. The van der Waals surface area contributed by atoms with Gasteiger partial charge in [-0.05, 0) is 49.7 Å². The zero-order chi connectivity index (χ0) is 21.9. The first-order valence-electron chi connectivity index (χ1n) is 11.3. The smallest absolute Gasteiger partial charge is 0.328 e. The summed E-state index contributed by atoms with van der Waals surface area (Å²) in [7, 11) is 0. The summed E-state index contributed by atoms with van der Waals surface area (Å²) in [5, 5.41) is 18.9. The highest BCUT2D eigenvalue weighted by atomic mass is 16.7. The van der Waals surface area contributed by atoms with Crippen molar-refractivity contribution < 1.29 is 24.4 Å². The van der Waals surface area contributed by atoms with Gasteiger partial charge < -0.3 is 34.2 Å². The topological polar surface area (TPSA) is 113 Å². The lowest BCUT2D eigenvalue weighted by molar-refractivity contribution is 0.174. The van der Waals surface area contributed by atoms with Gasteiger partial charge in [-0.1, -0.05) is 0 Å². The third kappa shape index (κ3) is 4.51. The molecule has 0 spiro atoms. The maximum Gasteiger partial charge on any atom is 0.328 e. The fourth-order valence-corrected chi connectivity index (χ4v) is 4.34. The second-order valence-electron chi connectivity index (χ2n) is 8.56. The standard InChI is InChI=1S/C22H29N5O5/c28-12-15-3-7-26(8-4-15)20-23-21(27-9-5-16(13-29)6-10-27)25-22(24-20)32-17-1-2-18-19(11-17)31-14-30-18/h1-2,11,15-16,28-29H,3-10,12-14H2. The molecule has 4 heterocycles. The fourth-order valence-electron chi connectivity index (χ4n) is 4.34. The zero-order valence-electron chi connectivity index (χ0n) is 18.0. The van der Waals surface area contributed by atoms with Crippen molar-refractivity contribution in [1.82, 2.24) is 15.0 Å². The van der Waals surface area contributed by atoms with Crippen LogP contribution in [0.5, 0.6) is 23.3 Å². The summed E-state index contributed by atoms with van der Waals surface area (Å²) in [4.78, 5) is 18.2. The molecule has 32 heavy (non-hydrogen) atoms. The third-order valence-electron chi connectivity index (χ3n) is 6.46. The number of aliphatic hydroxyl groups is 2. The van der Waals surface area contributed by atoms with Gasteiger partial charge in [0.1, 0.15) is 5.75 Å². The highest BCUT2D eigenvalue weighted by Gasteiger charge is 2.26. The van der Waals surface area contributed by atoms with Gasteiger partial charge in [0.15, 0.2) is 11.5 Å². The summed E-state index contributed by atoms with van der Waals surface area (Å²) in [5.74, 6) is 3.72. The summed E-state index contributed by atoms with van der Waals surface area (Å²) in [5.41, 5.74) is 0. The summed E-state index contributed by atoms with van der Waals surface area (Å²) in [6, 6.07) is 5.61. The number of hydrogen-bond acceptors (Lipinski definition) is 10. The van der Waals surface area contributed by atoms with Crippen molar-refractivity contribution in [2.75, 3.05) is 56.0 Å². The Morgan fingerprint density at radius 2 is 1.38 bits per heavy atom. The van der Waals surface area contributed by atoms with E-state index in [2.05, 4.69) is 19.8 Å². The Morgan fingerprint density at radius 1 is 0.812 bits per heavy atom. The summed E-state index contributed by atoms with van der Waals surface area (Å²) >= 11 is 0. The Bertz CT molecular complexity index is 887. The Labute approximate surface area is 186 Å². The molecule has 0 aliphatic carbocycles. The summed E-state index contributed by atoms with van der Waals surface area (Å²) in [6.45, 7) is 3.76. The molecule has 1 aromatic heterocycles. The zero-order valence-corrected chi connectivity index (χ0v) is 18.0. The van der Waals surface area contributed by atoms with Gasteiger partial charge in [-0.15, -0.1) is 0 Å². The lowest BCUT2D eigenvalue weighted by atomic mass is 9.98. The van der Waals surface area contributed by atoms with E-state index in [1.807, 2.05) is 0 Å². The van der Waals surface area contributed by atoms with E-state index in [1.54, 1.807) is 18.2 Å². The van der Waals surface area contributed by atoms with E-state index in [-0.39, 0.29) is 26.0 Å². The van der Waals surface area contributed by atoms with Crippen LogP contribution in [0.4, 0.5) is 11.9 Å². The molecule has 0 bridgehead atoms. The van der Waals surface area contributed by atoms with E-state index in [4.69, 9.17) is 19.2 Å². The number of fused-ring (bicyclic) bond motifs is 1. The molecule has 5 rings (SSSR count). The first-order valence-corrected chi connectivity index (χ1v) is 11.3. The van der Waals surface area contributed by atoms with Crippen molar-refractivity contribution in [3.8, 4) is 23.3 Å². The molecule has 3 aliphatic rings. The predicted octanol–water partition coefficient (Wildman–Crippen LogP) is 1.81. The van der Waals surface area contributed by atoms with Crippen LogP contribution in [0.25, 0.3) is 0 Å².